The molecule has 0 saturated carbocycles. The number of benzene rings is 1. The van der Waals surface area contributed by atoms with Gasteiger partial charge in [0.25, 0.3) is 0 Å². The molecule has 1 aromatic carbocycles. The molecule has 2 aromatic rings. The van der Waals surface area contributed by atoms with Crippen molar-refractivity contribution in [2.45, 2.75) is 51.6 Å². The van der Waals surface area contributed by atoms with Crippen molar-refractivity contribution in [2.24, 2.45) is 5.73 Å². The summed E-state index contributed by atoms with van der Waals surface area (Å²) in [4.78, 5) is 0. The quantitative estimate of drug-likeness (QED) is 0.871. The minimum absolute atomic E-state index is 0.0249. The summed E-state index contributed by atoms with van der Waals surface area (Å²) in [7, 11) is 0. The van der Waals surface area contributed by atoms with Gasteiger partial charge in [0.05, 0.1) is 6.20 Å². The molecule has 0 aliphatic rings. The summed E-state index contributed by atoms with van der Waals surface area (Å²) in [6.45, 7) is 7.41. The van der Waals surface area contributed by atoms with Crippen LogP contribution in [0.15, 0.2) is 42.7 Å². The molecule has 0 fully saturated rings. The van der Waals surface area contributed by atoms with Crippen molar-refractivity contribution in [3.8, 4) is 0 Å². The van der Waals surface area contributed by atoms with Crippen LogP contribution in [-0.4, -0.2) is 9.78 Å². The van der Waals surface area contributed by atoms with Crippen LogP contribution < -0.4 is 5.73 Å². The molecule has 0 spiro atoms. The minimum Gasteiger partial charge on any atom is -0.323 e. The first-order valence-electron chi connectivity index (χ1n) is 7.51. The summed E-state index contributed by atoms with van der Waals surface area (Å²) in [5.74, 6) is 0. The SMILES string of the molecule is CCn1cc(C(N)C(CC)(CC)c2ccccc2)cn1. The fourth-order valence-electron chi connectivity index (χ4n) is 3.08. The first kappa shape index (κ1) is 14.8. The van der Waals surface area contributed by atoms with Crippen molar-refractivity contribution in [3.63, 3.8) is 0 Å². The molecule has 0 aliphatic heterocycles. The van der Waals surface area contributed by atoms with E-state index in [1.807, 2.05) is 10.9 Å². The Morgan fingerprint density at radius 3 is 2.30 bits per heavy atom. The van der Waals surface area contributed by atoms with Gasteiger partial charge < -0.3 is 5.73 Å². The van der Waals surface area contributed by atoms with Gasteiger partial charge in [0.15, 0.2) is 0 Å². The first-order chi connectivity index (χ1) is 9.67. The molecule has 0 bridgehead atoms. The molecule has 0 amide bonds. The second-order valence-corrected chi connectivity index (χ2v) is 5.34. The molecule has 0 radical (unpaired) electrons. The maximum Gasteiger partial charge on any atom is 0.0537 e. The largest absolute Gasteiger partial charge is 0.323 e. The molecule has 2 rings (SSSR count). The van der Waals surface area contributed by atoms with E-state index in [-0.39, 0.29) is 11.5 Å². The number of aromatic nitrogens is 2. The van der Waals surface area contributed by atoms with E-state index in [2.05, 4.69) is 62.4 Å². The average molecular weight is 271 g/mol. The Morgan fingerprint density at radius 2 is 1.80 bits per heavy atom. The number of nitrogens with zero attached hydrogens (tertiary/aromatic N) is 2. The maximum absolute atomic E-state index is 6.64. The Hall–Kier alpha value is -1.61. The van der Waals surface area contributed by atoms with E-state index in [4.69, 9.17) is 5.73 Å². The van der Waals surface area contributed by atoms with Gasteiger partial charge in [0.2, 0.25) is 0 Å². The van der Waals surface area contributed by atoms with Gasteiger partial charge in [-0.05, 0) is 25.3 Å². The Bertz CT molecular complexity index is 526. The van der Waals surface area contributed by atoms with E-state index >= 15 is 0 Å². The number of aryl methyl sites for hydroxylation is 1. The molecule has 1 atom stereocenters. The Balaban J connectivity index is 2.42. The van der Waals surface area contributed by atoms with Crippen LogP contribution >= 0.6 is 0 Å². The third-order valence-electron chi connectivity index (χ3n) is 4.54. The molecule has 1 aromatic heterocycles. The van der Waals surface area contributed by atoms with E-state index < -0.39 is 0 Å². The number of hydrogen-bond acceptors (Lipinski definition) is 2. The van der Waals surface area contributed by atoms with Crippen LogP contribution in [0.3, 0.4) is 0 Å². The molecule has 20 heavy (non-hydrogen) atoms. The summed E-state index contributed by atoms with van der Waals surface area (Å²) >= 11 is 0. The maximum atomic E-state index is 6.64. The predicted molar refractivity (Wildman–Crippen MR) is 83.5 cm³/mol. The summed E-state index contributed by atoms with van der Waals surface area (Å²) in [5.41, 5.74) is 9.06. The van der Waals surface area contributed by atoms with Crippen LogP contribution in [0.4, 0.5) is 0 Å². The van der Waals surface area contributed by atoms with Gasteiger partial charge in [-0.2, -0.15) is 5.10 Å². The highest BCUT2D eigenvalue weighted by molar-refractivity contribution is 5.31. The fraction of sp³-hybridized carbons (Fsp3) is 0.471. The summed E-state index contributed by atoms with van der Waals surface area (Å²) < 4.78 is 1.94. The van der Waals surface area contributed by atoms with Crippen molar-refractivity contribution in [1.29, 1.82) is 0 Å². The van der Waals surface area contributed by atoms with Gasteiger partial charge >= 0.3 is 0 Å². The lowest BCUT2D eigenvalue weighted by molar-refractivity contribution is 0.322. The molecule has 3 nitrogen and oxygen atoms in total. The highest BCUT2D eigenvalue weighted by atomic mass is 15.3. The number of nitrogens with two attached hydrogens (primary N) is 1. The smallest absolute Gasteiger partial charge is 0.0537 e. The van der Waals surface area contributed by atoms with Gasteiger partial charge in [-0.25, -0.2) is 0 Å². The lowest BCUT2D eigenvalue weighted by atomic mass is 9.69. The van der Waals surface area contributed by atoms with Crippen molar-refractivity contribution >= 4 is 0 Å². The second-order valence-electron chi connectivity index (χ2n) is 5.34. The monoisotopic (exact) mass is 271 g/mol. The van der Waals surface area contributed by atoms with E-state index in [9.17, 15) is 0 Å². The van der Waals surface area contributed by atoms with E-state index in [0.29, 0.717) is 0 Å². The van der Waals surface area contributed by atoms with Gasteiger partial charge in [-0.3, -0.25) is 4.68 Å². The van der Waals surface area contributed by atoms with Gasteiger partial charge in [-0.15, -0.1) is 0 Å². The second kappa shape index (κ2) is 6.23. The highest BCUT2D eigenvalue weighted by Crippen LogP contribution is 2.41. The zero-order chi connectivity index (χ0) is 14.6. The van der Waals surface area contributed by atoms with Gasteiger partial charge in [0, 0.05) is 29.8 Å². The highest BCUT2D eigenvalue weighted by Gasteiger charge is 2.36. The van der Waals surface area contributed by atoms with Gasteiger partial charge in [-0.1, -0.05) is 44.2 Å². The molecule has 108 valence electrons. The summed E-state index contributed by atoms with van der Waals surface area (Å²) in [5, 5.41) is 4.37. The first-order valence-corrected chi connectivity index (χ1v) is 7.51. The number of rotatable bonds is 6. The normalized spacial score (nSPS) is 13.4. The van der Waals surface area contributed by atoms with E-state index in [1.54, 1.807) is 0 Å². The van der Waals surface area contributed by atoms with Crippen LogP contribution in [0.25, 0.3) is 0 Å². The standard InChI is InChI=1S/C17H25N3/c1-4-17(5-2,15-10-8-7-9-11-15)16(18)14-12-19-20(6-3)13-14/h7-13,16H,4-6,18H2,1-3H3. The molecule has 1 heterocycles. The summed E-state index contributed by atoms with van der Waals surface area (Å²) in [6, 6.07) is 10.6. The lowest BCUT2D eigenvalue weighted by Gasteiger charge is -2.38. The van der Waals surface area contributed by atoms with Crippen LogP contribution in [0.5, 0.6) is 0 Å². The third-order valence-corrected chi connectivity index (χ3v) is 4.54. The Kier molecular flexibility index (Phi) is 4.61. The van der Waals surface area contributed by atoms with Crippen LogP contribution in [0.1, 0.15) is 50.8 Å². The van der Waals surface area contributed by atoms with E-state index in [0.717, 1.165) is 24.9 Å². The fourth-order valence-corrected chi connectivity index (χ4v) is 3.08. The third kappa shape index (κ3) is 2.50. The average Bonchev–Trinajstić information content (AvgIpc) is 2.99. The molecule has 1 unspecified atom stereocenters. The molecule has 0 aliphatic carbocycles. The number of hydrogen-bond donors (Lipinski definition) is 1. The minimum atomic E-state index is -0.0276. The van der Waals surface area contributed by atoms with Crippen LogP contribution in [0.2, 0.25) is 0 Å². The molecule has 2 N–H and O–H groups in total. The molecular weight excluding hydrogens is 246 g/mol. The molecular formula is C17H25N3. The van der Waals surface area contributed by atoms with Crippen molar-refractivity contribution < 1.29 is 0 Å². The zero-order valence-corrected chi connectivity index (χ0v) is 12.7. The molecule has 0 saturated heterocycles. The predicted octanol–water partition coefficient (Wildman–Crippen LogP) is 3.66. The van der Waals surface area contributed by atoms with Gasteiger partial charge in [0.1, 0.15) is 0 Å². The topological polar surface area (TPSA) is 43.8 Å². The van der Waals surface area contributed by atoms with Crippen LogP contribution in [0, 0.1) is 0 Å². The summed E-state index contributed by atoms with van der Waals surface area (Å²) in [6.07, 6.45) is 6.03. The Morgan fingerprint density at radius 1 is 1.15 bits per heavy atom. The molecule has 3 heteroatoms. The van der Waals surface area contributed by atoms with Crippen molar-refractivity contribution in [1.82, 2.24) is 9.78 Å². The Labute approximate surface area is 121 Å². The van der Waals surface area contributed by atoms with E-state index in [1.165, 1.54) is 5.56 Å². The van der Waals surface area contributed by atoms with Crippen molar-refractivity contribution in [3.05, 3.63) is 53.9 Å². The zero-order valence-electron chi connectivity index (χ0n) is 12.7. The van der Waals surface area contributed by atoms with Crippen LogP contribution in [-0.2, 0) is 12.0 Å². The van der Waals surface area contributed by atoms with Crippen molar-refractivity contribution in [2.75, 3.05) is 0 Å². The lowest BCUT2D eigenvalue weighted by Crippen LogP contribution is -2.37.